The molecule has 0 radical (unpaired) electrons. The molecule has 3 aromatic rings. The second-order valence-electron chi connectivity index (χ2n) is 6.65. The van der Waals surface area contributed by atoms with Gasteiger partial charge in [-0.2, -0.15) is 0 Å². The van der Waals surface area contributed by atoms with E-state index in [1.165, 1.54) is 5.69 Å². The Morgan fingerprint density at radius 3 is 2.38 bits per heavy atom. The van der Waals surface area contributed by atoms with Crippen molar-refractivity contribution in [1.29, 1.82) is 0 Å². The Kier molecular flexibility index (Phi) is 4.29. The van der Waals surface area contributed by atoms with E-state index in [0.717, 1.165) is 54.1 Å². The van der Waals surface area contributed by atoms with Crippen molar-refractivity contribution in [3.8, 4) is 5.75 Å². The molecule has 1 N–H and O–H groups in total. The summed E-state index contributed by atoms with van der Waals surface area (Å²) in [5.74, 6) is 0.978. The lowest BCUT2D eigenvalue weighted by atomic mass is 10.1. The van der Waals surface area contributed by atoms with Crippen molar-refractivity contribution in [3.05, 3.63) is 59.8 Å². The smallest absolute Gasteiger partial charge is 0.256 e. The lowest BCUT2D eigenvalue weighted by Crippen LogP contribution is -2.48. The number of fused-ring (bicyclic) bond motifs is 1. The van der Waals surface area contributed by atoms with Crippen LogP contribution in [0.5, 0.6) is 5.75 Å². The van der Waals surface area contributed by atoms with Crippen LogP contribution in [0, 0.1) is 6.92 Å². The summed E-state index contributed by atoms with van der Waals surface area (Å²) in [6.07, 6.45) is 0. The van der Waals surface area contributed by atoms with Gasteiger partial charge in [0.25, 0.3) is 5.91 Å². The number of para-hydroxylation sites is 1. The molecule has 1 aliphatic rings. The third-order valence-corrected chi connectivity index (χ3v) is 5.11. The molecule has 1 saturated heterocycles. The predicted octanol–water partition coefficient (Wildman–Crippen LogP) is 3.45. The van der Waals surface area contributed by atoms with Crippen molar-refractivity contribution in [2.45, 2.75) is 6.92 Å². The molecule has 26 heavy (non-hydrogen) atoms. The molecule has 134 valence electrons. The Balaban J connectivity index is 1.48. The number of benzene rings is 2. The topological polar surface area (TPSA) is 48.6 Å². The van der Waals surface area contributed by atoms with Gasteiger partial charge < -0.3 is 19.5 Å². The Morgan fingerprint density at radius 1 is 1.00 bits per heavy atom. The number of hydrogen-bond acceptors (Lipinski definition) is 3. The highest BCUT2D eigenvalue weighted by atomic mass is 16.5. The molecule has 5 nitrogen and oxygen atoms in total. The van der Waals surface area contributed by atoms with Crippen molar-refractivity contribution in [2.75, 3.05) is 38.2 Å². The van der Waals surface area contributed by atoms with Gasteiger partial charge in [0, 0.05) is 48.5 Å². The number of carbonyl (C=O) groups is 1. The molecule has 0 atom stereocenters. The first-order valence-corrected chi connectivity index (χ1v) is 8.93. The summed E-state index contributed by atoms with van der Waals surface area (Å²) in [4.78, 5) is 20.7. The van der Waals surface area contributed by atoms with Crippen LogP contribution in [-0.4, -0.2) is 49.1 Å². The second-order valence-corrected chi connectivity index (χ2v) is 6.65. The largest absolute Gasteiger partial charge is 0.497 e. The number of nitrogens with zero attached hydrogens (tertiary/aromatic N) is 2. The molecular formula is C21H23N3O2. The number of methoxy groups -OCH3 is 1. The minimum absolute atomic E-state index is 0.120. The maximum absolute atomic E-state index is 13.1. The van der Waals surface area contributed by atoms with Crippen LogP contribution in [0.25, 0.3) is 10.9 Å². The summed E-state index contributed by atoms with van der Waals surface area (Å²) >= 11 is 0. The highest BCUT2D eigenvalue weighted by Crippen LogP contribution is 2.25. The van der Waals surface area contributed by atoms with Gasteiger partial charge in [-0.1, -0.05) is 18.2 Å². The third-order valence-electron chi connectivity index (χ3n) is 5.11. The number of aromatic nitrogens is 1. The van der Waals surface area contributed by atoms with Crippen LogP contribution in [0.4, 0.5) is 5.69 Å². The zero-order valence-corrected chi connectivity index (χ0v) is 15.2. The number of ether oxygens (including phenoxy) is 1. The van der Waals surface area contributed by atoms with E-state index >= 15 is 0 Å². The summed E-state index contributed by atoms with van der Waals surface area (Å²) in [5.41, 5.74) is 3.93. The molecule has 0 unspecified atom stereocenters. The third kappa shape index (κ3) is 2.90. The highest BCUT2D eigenvalue weighted by molar-refractivity contribution is 6.08. The molecular weight excluding hydrogens is 326 g/mol. The maximum Gasteiger partial charge on any atom is 0.256 e. The van der Waals surface area contributed by atoms with Crippen LogP contribution in [0.1, 0.15) is 16.1 Å². The number of anilines is 1. The molecule has 0 aliphatic carbocycles. The van der Waals surface area contributed by atoms with E-state index in [-0.39, 0.29) is 5.91 Å². The van der Waals surface area contributed by atoms with Crippen molar-refractivity contribution < 1.29 is 9.53 Å². The van der Waals surface area contributed by atoms with Crippen LogP contribution in [0.3, 0.4) is 0 Å². The number of aromatic amines is 1. The molecule has 5 heteroatoms. The Labute approximate surface area is 153 Å². The van der Waals surface area contributed by atoms with Gasteiger partial charge in [-0.05, 0) is 37.3 Å². The van der Waals surface area contributed by atoms with E-state index in [9.17, 15) is 4.79 Å². The van der Waals surface area contributed by atoms with Crippen LogP contribution in [0.2, 0.25) is 0 Å². The van der Waals surface area contributed by atoms with E-state index in [4.69, 9.17) is 4.74 Å². The predicted molar refractivity (Wildman–Crippen MR) is 104 cm³/mol. The molecule has 0 spiro atoms. The van der Waals surface area contributed by atoms with E-state index in [1.54, 1.807) is 7.11 Å². The van der Waals surface area contributed by atoms with E-state index in [1.807, 2.05) is 48.2 Å². The van der Waals surface area contributed by atoms with Crippen LogP contribution in [0.15, 0.2) is 48.5 Å². The lowest BCUT2D eigenvalue weighted by molar-refractivity contribution is 0.0748. The maximum atomic E-state index is 13.1. The molecule has 4 rings (SSSR count). The van der Waals surface area contributed by atoms with Gasteiger partial charge in [0.15, 0.2) is 0 Å². The Hall–Kier alpha value is -2.95. The van der Waals surface area contributed by atoms with Gasteiger partial charge in [0.1, 0.15) is 5.75 Å². The highest BCUT2D eigenvalue weighted by Gasteiger charge is 2.25. The fourth-order valence-corrected chi connectivity index (χ4v) is 3.67. The molecule has 0 bridgehead atoms. The zero-order valence-electron chi connectivity index (χ0n) is 15.2. The Bertz CT molecular complexity index is 922. The van der Waals surface area contributed by atoms with Crippen molar-refractivity contribution in [1.82, 2.24) is 9.88 Å². The first kappa shape index (κ1) is 16.5. The average Bonchev–Trinajstić information content (AvgIpc) is 3.03. The fourth-order valence-electron chi connectivity index (χ4n) is 3.67. The lowest BCUT2D eigenvalue weighted by Gasteiger charge is -2.36. The van der Waals surface area contributed by atoms with E-state index in [2.05, 4.69) is 22.0 Å². The van der Waals surface area contributed by atoms with Gasteiger partial charge in [0.2, 0.25) is 0 Å². The molecule has 1 fully saturated rings. The number of H-pyrrole nitrogens is 1. The molecule has 2 heterocycles. The molecule has 1 amide bonds. The van der Waals surface area contributed by atoms with Crippen LogP contribution < -0.4 is 9.64 Å². The normalized spacial score (nSPS) is 14.7. The number of rotatable bonds is 3. The van der Waals surface area contributed by atoms with Crippen molar-refractivity contribution in [2.24, 2.45) is 0 Å². The summed E-state index contributed by atoms with van der Waals surface area (Å²) < 4.78 is 5.22. The summed E-state index contributed by atoms with van der Waals surface area (Å²) in [6.45, 7) is 5.09. The summed E-state index contributed by atoms with van der Waals surface area (Å²) in [6, 6.07) is 16.1. The number of carbonyl (C=O) groups excluding carboxylic acids is 1. The number of aryl methyl sites for hydroxylation is 1. The minimum Gasteiger partial charge on any atom is -0.497 e. The number of nitrogens with one attached hydrogen (secondary N) is 1. The monoisotopic (exact) mass is 349 g/mol. The van der Waals surface area contributed by atoms with Crippen molar-refractivity contribution >= 4 is 22.5 Å². The van der Waals surface area contributed by atoms with E-state index < -0.39 is 0 Å². The number of amides is 1. The molecule has 0 saturated carbocycles. The van der Waals surface area contributed by atoms with Crippen LogP contribution in [-0.2, 0) is 0 Å². The number of hydrogen-bond donors (Lipinski definition) is 1. The number of piperazine rings is 1. The first-order valence-electron chi connectivity index (χ1n) is 8.93. The summed E-state index contributed by atoms with van der Waals surface area (Å²) in [7, 11) is 1.67. The molecule has 2 aromatic carbocycles. The van der Waals surface area contributed by atoms with Gasteiger partial charge >= 0.3 is 0 Å². The quantitative estimate of drug-likeness (QED) is 0.788. The fraction of sp³-hybridized carbons (Fsp3) is 0.286. The standard InChI is InChI=1S/C21H23N3O2/c1-15-20(18-5-3-4-6-19(18)22-15)21(25)24-13-11-23(12-14-24)16-7-9-17(26-2)10-8-16/h3-10,22H,11-14H2,1-2H3. The van der Waals surface area contributed by atoms with Gasteiger partial charge in [-0.3, -0.25) is 4.79 Å². The van der Waals surface area contributed by atoms with Gasteiger partial charge in [-0.15, -0.1) is 0 Å². The van der Waals surface area contributed by atoms with Gasteiger partial charge in [0.05, 0.1) is 12.7 Å². The van der Waals surface area contributed by atoms with Gasteiger partial charge in [-0.25, -0.2) is 0 Å². The van der Waals surface area contributed by atoms with E-state index in [0.29, 0.717) is 0 Å². The van der Waals surface area contributed by atoms with Crippen molar-refractivity contribution in [3.63, 3.8) is 0 Å². The SMILES string of the molecule is COc1ccc(N2CCN(C(=O)c3c(C)[nH]c4ccccc34)CC2)cc1. The molecule has 1 aliphatic heterocycles. The minimum atomic E-state index is 0.120. The first-order chi connectivity index (χ1) is 12.7. The second kappa shape index (κ2) is 6.75. The summed E-state index contributed by atoms with van der Waals surface area (Å²) in [5, 5.41) is 1.01. The Morgan fingerprint density at radius 2 is 1.69 bits per heavy atom. The molecule has 1 aromatic heterocycles. The zero-order chi connectivity index (χ0) is 18.1. The average molecular weight is 349 g/mol. The van der Waals surface area contributed by atoms with Crippen LogP contribution >= 0.6 is 0 Å².